The normalized spacial score (nSPS) is 14.4. The summed E-state index contributed by atoms with van der Waals surface area (Å²) in [6.07, 6.45) is 6.48. The lowest BCUT2D eigenvalue weighted by Crippen LogP contribution is -2.44. The first-order valence-electron chi connectivity index (χ1n) is 6.78. The summed E-state index contributed by atoms with van der Waals surface area (Å²) in [6.45, 7) is 10.2. The van der Waals surface area contributed by atoms with Crippen molar-refractivity contribution in [3.05, 3.63) is 35.1 Å². The lowest BCUT2D eigenvalue weighted by Gasteiger charge is -2.11. The average molecular weight is 271 g/mol. The quantitative estimate of drug-likeness (QED) is 0.532. The fourth-order valence-corrected chi connectivity index (χ4v) is 1.60. The zero-order chi connectivity index (χ0) is 14.8. The van der Waals surface area contributed by atoms with Crippen LogP contribution < -0.4 is 16.4 Å². The van der Waals surface area contributed by atoms with E-state index < -0.39 is 6.17 Å². The van der Waals surface area contributed by atoms with Crippen molar-refractivity contribution in [2.75, 3.05) is 6.54 Å². The highest BCUT2D eigenvalue weighted by molar-refractivity contribution is 5.78. The predicted octanol–water partition coefficient (Wildman–Crippen LogP) is 2.94. The molecular formula is C15H33N3O. The zero-order valence-electron chi connectivity index (χ0n) is 12.7. The lowest BCUT2D eigenvalue weighted by atomic mass is 10.3. The number of carbonyl (C=O) groups excluding carboxylic acids is 1. The Kier molecular flexibility index (Phi) is 8.62. The second-order valence-electron chi connectivity index (χ2n) is 4.55. The van der Waals surface area contributed by atoms with E-state index in [1.165, 1.54) is 5.57 Å². The molecule has 0 heterocycles. The molecule has 0 aliphatic heterocycles. The van der Waals surface area contributed by atoms with Crippen LogP contribution in [0.1, 0.15) is 45.3 Å². The van der Waals surface area contributed by atoms with Crippen LogP contribution in [0.3, 0.4) is 0 Å². The van der Waals surface area contributed by atoms with E-state index in [4.69, 9.17) is 5.73 Å². The Bertz CT molecular complexity index is 389. The van der Waals surface area contributed by atoms with Crippen molar-refractivity contribution in [1.29, 1.82) is 0 Å². The fourth-order valence-electron chi connectivity index (χ4n) is 1.60. The molecule has 1 aliphatic carbocycles. The topological polar surface area (TPSA) is 67.1 Å². The van der Waals surface area contributed by atoms with Crippen molar-refractivity contribution < 1.29 is 9.07 Å². The van der Waals surface area contributed by atoms with Gasteiger partial charge in [0.25, 0.3) is 0 Å². The molecule has 0 aromatic carbocycles. The molecule has 0 aromatic rings. The van der Waals surface area contributed by atoms with Gasteiger partial charge in [0.05, 0.1) is 12.7 Å². The molecule has 1 atom stereocenters. The van der Waals surface area contributed by atoms with Gasteiger partial charge in [-0.25, -0.2) is 0 Å². The van der Waals surface area contributed by atoms with Crippen molar-refractivity contribution in [1.82, 2.24) is 10.6 Å². The molecule has 0 bridgehead atoms. The van der Waals surface area contributed by atoms with E-state index in [1.54, 1.807) is 0 Å². The Balaban J connectivity index is -0.000000310. The monoisotopic (exact) mass is 271 g/mol. The summed E-state index contributed by atoms with van der Waals surface area (Å²) < 4.78 is 0. The van der Waals surface area contributed by atoms with Crippen LogP contribution in [0.15, 0.2) is 35.1 Å². The number of hydrogen-bond donors (Lipinski definition) is 3. The van der Waals surface area contributed by atoms with E-state index >= 15 is 0 Å². The minimum absolute atomic E-state index is 0. The number of nitrogens with one attached hydrogen (secondary N) is 2. The molecule has 0 radical (unpaired) electrons. The Morgan fingerprint density at radius 3 is 2.63 bits per heavy atom. The van der Waals surface area contributed by atoms with Gasteiger partial charge in [-0.15, -0.1) is 0 Å². The number of carbonyl (C=O) groups is 1. The predicted molar refractivity (Wildman–Crippen MR) is 87.7 cm³/mol. The molecule has 0 aromatic heterocycles. The maximum atomic E-state index is 11.5. The van der Waals surface area contributed by atoms with Gasteiger partial charge in [0, 0.05) is 9.98 Å². The minimum Gasteiger partial charge on any atom is -0.376 e. The second kappa shape index (κ2) is 9.39. The summed E-state index contributed by atoms with van der Waals surface area (Å²) in [7, 11) is 0. The van der Waals surface area contributed by atoms with Crippen LogP contribution in [0.2, 0.25) is 0 Å². The lowest BCUT2D eigenvalue weighted by molar-refractivity contribution is -0.120. The van der Waals surface area contributed by atoms with Crippen molar-refractivity contribution in [3.8, 4) is 0 Å². The molecule has 0 fully saturated rings. The molecule has 0 saturated carbocycles. The smallest absolute Gasteiger partial charge is 0.240 e. The molecule has 1 unspecified atom stereocenters. The standard InChI is InChI=1S/C13H21N3O.C2H6.3H2/c1-9(2)6-12(14)16-13(17)8-15-11-5-4-10(3)7-11;1-2;;;/h5-7,12,15H,4,8,14H2,1-3H3,(H,16,17);1-2H3;3*1H. The molecule has 114 valence electrons. The number of nitrogens with two attached hydrogens (primary N) is 1. The SMILES string of the molecule is CC.CC(C)=CC(N)NC(=O)CNC1=CCC(C)=C1.[HH].[HH].[HH]. The summed E-state index contributed by atoms with van der Waals surface area (Å²) >= 11 is 0. The molecule has 19 heavy (non-hydrogen) atoms. The van der Waals surface area contributed by atoms with E-state index in [9.17, 15) is 4.79 Å². The van der Waals surface area contributed by atoms with Crippen LogP contribution in [0.25, 0.3) is 0 Å². The van der Waals surface area contributed by atoms with Gasteiger partial charge in [-0.05, 0) is 39.3 Å². The number of allylic oxidation sites excluding steroid dienone is 4. The first-order chi connectivity index (χ1) is 8.97. The third-order valence-electron chi connectivity index (χ3n) is 2.34. The van der Waals surface area contributed by atoms with Gasteiger partial charge in [-0.1, -0.05) is 31.1 Å². The third-order valence-corrected chi connectivity index (χ3v) is 2.34. The highest BCUT2D eigenvalue weighted by Crippen LogP contribution is 2.13. The molecule has 0 spiro atoms. The molecule has 1 aliphatic rings. The van der Waals surface area contributed by atoms with Gasteiger partial charge in [0.1, 0.15) is 0 Å². The summed E-state index contributed by atoms with van der Waals surface area (Å²) in [5.41, 5.74) is 9.11. The van der Waals surface area contributed by atoms with Gasteiger partial charge in [-0.2, -0.15) is 0 Å². The second-order valence-corrected chi connectivity index (χ2v) is 4.55. The Labute approximate surface area is 121 Å². The van der Waals surface area contributed by atoms with E-state index in [-0.39, 0.29) is 16.7 Å². The van der Waals surface area contributed by atoms with Gasteiger partial charge < -0.3 is 16.4 Å². The third kappa shape index (κ3) is 8.21. The molecule has 4 N–H and O–H groups in total. The molecule has 1 rings (SSSR count). The highest BCUT2D eigenvalue weighted by atomic mass is 16.2. The van der Waals surface area contributed by atoms with Crippen LogP contribution in [0.5, 0.6) is 0 Å². The van der Waals surface area contributed by atoms with E-state index in [1.807, 2.05) is 39.8 Å². The molecule has 4 heteroatoms. The molecular weight excluding hydrogens is 238 g/mol. The van der Waals surface area contributed by atoms with E-state index in [0.717, 1.165) is 17.7 Å². The minimum atomic E-state index is -0.413. The highest BCUT2D eigenvalue weighted by Gasteiger charge is 2.07. The first kappa shape index (κ1) is 17.4. The maximum absolute atomic E-state index is 11.5. The van der Waals surface area contributed by atoms with Crippen LogP contribution in [0.4, 0.5) is 0 Å². The zero-order valence-corrected chi connectivity index (χ0v) is 12.7. The summed E-state index contributed by atoms with van der Waals surface area (Å²) in [5, 5.41) is 5.77. The Hall–Kier alpha value is -1.55. The van der Waals surface area contributed by atoms with Crippen molar-refractivity contribution in [3.63, 3.8) is 0 Å². The van der Waals surface area contributed by atoms with Crippen LogP contribution in [-0.4, -0.2) is 18.6 Å². The van der Waals surface area contributed by atoms with Crippen LogP contribution in [-0.2, 0) is 4.79 Å². The van der Waals surface area contributed by atoms with Gasteiger partial charge in [0.15, 0.2) is 0 Å². The van der Waals surface area contributed by atoms with Gasteiger partial charge in [0.2, 0.25) is 5.91 Å². The number of hydrogen-bond acceptors (Lipinski definition) is 3. The van der Waals surface area contributed by atoms with Crippen LogP contribution >= 0.6 is 0 Å². The van der Waals surface area contributed by atoms with Crippen LogP contribution in [0, 0.1) is 0 Å². The molecule has 0 saturated heterocycles. The molecule has 1 amide bonds. The first-order valence-corrected chi connectivity index (χ1v) is 6.78. The van der Waals surface area contributed by atoms with Crippen molar-refractivity contribution in [2.24, 2.45) is 5.73 Å². The Morgan fingerprint density at radius 2 is 2.16 bits per heavy atom. The summed E-state index contributed by atoms with van der Waals surface area (Å²) in [5.74, 6) is -0.103. The van der Waals surface area contributed by atoms with Gasteiger partial charge >= 0.3 is 0 Å². The van der Waals surface area contributed by atoms with E-state index in [2.05, 4.69) is 23.6 Å². The summed E-state index contributed by atoms with van der Waals surface area (Å²) in [4.78, 5) is 11.5. The summed E-state index contributed by atoms with van der Waals surface area (Å²) in [6, 6.07) is 0. The number of rotatable bonds is 5. The average Bonchev–Trinajstić information content (AvgIpc) is 2.74. The fraction of sp³-hybridized carbons (Fsp3) is 0.533. The number of amides is 1. The van der Waals surface area contributed by atoms with E-state index in [0.29, 0.717) is 0 Å². The Morgan fingerprint density at radius 1 is 1.53 bits per heavy atom. The van der Waals surface area contributed by atoms with Crippen molar-refractivity contribution >= 4 is 5.91 Å². The largest absolute Gasteiger partial charge is 0.376 e. The van der Waals surface area contributed by atoms with Crippen molar-refractivity contribution in [2.45, 2.75) is 47.2 Å². The van der Waals surface area contributed by atoms with Gasteiger partial charge in [-0.3, -0.25) is 4.79 Å². The molecule has 4 nitrogen and oxygen atoms in total. The maximum Gasteiger partial charge on any atom is 0.240 e.